The van der Waals surface area contributed by atoms with E-state index in [0.717, 1.165) is 17.9 Å². The van der Waals surface area contributed by atoms with Crippen molar-refractivity contribution in [2.75, 3.05) is 0 Å². The smallest absolute Gasteiger partial charge is 0.152 e. The average molecular weight is 195 g/mol. The lowest BCUT2D eigenvalue weighted by molar-refractivity contribution is -0.115. The van der Waals surface area contributed by atoms with Crippen LogP contribution < -0.4 is 0 Å². The number of Topliss-reactive ketones (excluding diaryl/α,β-unsaturated/α-hetero) is 1. The first-order chi connectivity index (χ1) is 6.33. The second kappa shape index (κ2) is 5.76. The highest BCUT2D eigenvalue weighted by Gasteiger charge is 1.99. The summed E-state index contributed by atoms with van der Waals surface area (Å²) in [5, 5.41) is 0. The summed E-state index contributed by atoms with van der Waals surface area (Å²) in [4.78, 5) is 10.8. The largest absolute Gasteiger partial charge is 0.298 e. The molecule has 0 bridgehead atoms. The van der Waals surface area contributed by atoms with E-state index in [2.05, 4.69) is 0 Å². The molecule has 0 saturated carbocycles. The van der Waals surface area contributed by atoms with Gasteiger partial charge in [-0.15, -0.1) is 11.6 Å². The zero-order chi connectivity index (χ0) is 9.52. The number of ketones is 1. The van der Waals surface area contributed by atoms with Crippen LogP contribution in [0.3, 0.4) is 0 Å². The van der Waals surface area contributed by atoms with E-state index < -0.39 is 0 Å². The number of rotatable bonds is 5. The van der Waals surface area contributed by atoms with E-state index in [4.69, 9.17) is 11.6 Å². The van der Waals surface area contributed by atoms with Crippen molar-refractivity contribution in [3.8, 4) is 0 Å². The van der Waals surface area contributed by atoms with Gasteiger partial charge in [0.05, 0.1) is 0 Å². The molecule has 68 valence electrons. The molecular formula is C11H11ClO. The van der Waals surface area contributed by atoms with Crippen LogP contribution in [-0.2, 0) is 4.79 Å². The average Bonchev–Trinajstić information content (AvgIpc) is 2.19. The molecule has 0 amide bonds. The monoisotopic (exact) mass is 194 g/mol. The maximum atomic E-state index is 10.8. The second-order valence-corrected chi connectivity index (χ2v) is 2.95. The van der Waals surface area contributed by atoms with E-state index in [1.807, 2.05) is 36.8 Å². The predicted octanol–water partition coefficient (Wildman–Crippen LogP) is 2.99. The molecule has 0 aliphatic heterocycles. The van der Waals surface area contributed by atoms with Crippen LogP contribution in [0.4, 0.5) is 0 Å². The van der Waals surface area contributed by atoms with Gasteiger partial charge >= 0.3 is 0 Å². The minimum absolute atomic E-state index is 0.0196. The standard InChI is InChI=1S/C11H11ClO/c12-9-11(13)8-4-7-10-5-2-1-3-6-10/h1-3,5-7,9H,4,8H2. The Morgan fingerprint density at radius 3 is 2.62 bits per heavy atom. The third-order valence-corrected chi connectivity index (χ3v) is 1.94. The number of halogens is 1. The Bertz CT molecular complexity index is 256. The number of carbonyl (C=O) groups excluding carboxylic acids is 1. The van der Waals surface area contributed by atoms with Crippen LogP contribution in [0, 0.1) is 12.3 Å². The van der Waals surface area contributed by atoms with Gasteiger partial charge in [-0.3, -0.25) is 4.79 Å². The second-order valence-electron chi connectivity index (χ2n) is 2.73. The molecule has 2 heteroatoms. The van der Waals surface area contributed by atoms with Gasteiger partial charge in [0.25, 0.3) is 0 Å². The highest BCUT2D eigenvalue weighted by Crippen LogP contribution is 2.08. The number of benzene rings is 1. The maximum absolute atomic E-state index is 10.8. The van der Waals surface area contributed by atoms with Crippen LogP contribution in [-0.4, -0.2) is 5.78 Å². The van der Waals surface area contributed by atoms with E-state index in [9.17, 15) is 4.79 Å². The fourth-order valence-corrected chi connectivity index (χ4v) is 1.13. The maximum Gasteiger partial charge on any atom is 0.152 e. The summed E-state index contributed by atoms with van der Waals surface area (Å²) in [5.74, 6) is 1.08. The molecule has 1 nitrogen and oxygen atoms in total. The number of carbonyl (C=O) groups is 1. The Morgan fingerprint density at radius 1 is 1.31 bits per heavy atom. The van der Waals surface area contributed by atoms with Gasteiger partial charge in [0.1, 0.15) is 5.88 Å². The van der Waals surface area contributed by atoms with Crippen LogP contribution in [0.1, 0.15) is 18.4 Å². The van der Waals surface area contributed by atoms with E-state index in [-0.39, 0.29) is 5.78 Å². The first-order valence-electron chi connectivity index (χ1n) is 4.17. The van der Waals surface area contributed by atoms with Gasteiger partial charge in [0.2, 0.25) is 0 Å². The molecule has 0 fully saturated rings. The van der Waals surface area contributed by atoms with Gasteiger partial charge in [0.15, 0.2) is 5.78 Å². The van der Waals surface area contributed by atoms with Crippen molar-refractivity contribution in [1.82, 2.24) is 0 Å². The van der Waals surface area contributed by atoms with Crippen molar-refractivity contribution in [1.29, 1.82) is 0 Å². The van der Waals surface area contributed by atoms with Crippen LogP contribution in [0.5, 0.6) is 0 Å². The van der Waals surface area contributed by atoms with Crippen LogP contribution in [0.15, 0.2) is 30.3 Å². The Balaban J connectivity index is 2.24. The SMILES string of the molecule is O=C([CH]Cl)CC[CH]c1ccccc1. The van der Waals surface area contributed by atoms with E-state index in [1.165, 1.54) is 0 Å². The van der Waals surface area contributed by atoms with Crippen LogP contribution in [0.2, 0.25) is 0 Å². The minimum Gasteiger partial charge on any atom is -0.298 e. The summed E-state index contributed by atoms with van der Waals surface area (Å²) in [5.41, 5.74) is 1.14. The zero-order valence-electron chi connectivity index (χ0n) is 7.24. The molecule has 13 heavy (non-hydrogen) atoms. The lowest BCUT2D eigenvalue weighted by Gasteiger charge is -1.98. The zero-order valence-corrected chi connectivity index (χ0v) is 8.00. The van der Waals surface area contributed by atoms with Gasteiger partial charge in [-0.2, -0.15) is 0 Å². The van der Waals surface area contributed by atoms with Crippen molar-refractivity contribution in [2.24, 2.45) is 0 Å². The highest BCUT2D eigenvalue weighted by atomic mass is 35.5. The molecule has 0 aromatic heterocycles. The normalized spacial score (nSPS) is 9.92. The third-order valence-electron chi connectivity index (χ3n) is 1.69. The first kappa shape index (κ1) is 10.3. The van der Waals surface area contributed by atoms with Gasteiger partial charge in [-0.25, -0.2) is 0 Å². The van der Waals surface area contributed by atoms with E-state index >= 15 is 0 Å². The lowest BCUT2D eigenvalue weighted by atomic mass is 10.1. The van der Waals surface area contributed by atoms with Crippen molar-refractivity contribution in [3.05, 3.63) is 48.2 Å². The van der Waals surface area contributed by atoms with Gasteiger partial charge in [0, 0.05) is 6.42 Å². The predicted molar refractivity (Wildman–Crippen MR) is 54.2 cm³/mol. The van der Waals surface area contributed by atoms with Crippen molar-refractivity contribution in [2.45, 2.75) is 12.8 Å². The van der Waals surface area contributed by atoms with Crippen molar-refractivity contribution >= 4 is 17.4 Å². The quantitative estimate of drug-likeness (QED) is 0.705. The molecule has 0 N–H and O–H groups in total. The summed E-state index contributed by atoms with van der Waals surface area (Å²) >= 11 is 5.25. The lowest BCUT2D eigenvalue weighted by Crippen LogP contribution is -1.94. The Kier molecular flexibility index (Phi) is 4.55. The molecule has 1 rings (SSSR count). The molecule has 0 aliphatic rings. The van der Waals surface area contributed by atoms with E-state index in [1.54, 1.807) is 0 Å². The van der Waals surface area contributed by atoms with Crippen LogP contribution >= 0.6 is 11.6 Å². The molecule has 1 aromatic carbocycles. The molecule has 1 aromatic rings. The van der Waals surface area contributed by atoms with Crippen LogP contribution in [0.25, 0.3) is 0 Å². The molecule has 0 unspecified atom stereocenters. The fourth-order valence-electron chi connectivity index (χ4n) is 1.02. The number of hydrogen-bond acceptors (Lipinski definition) is 1. The molecule has 0 heterocycles. The first-order valence-corrected chi connectivity index (χ1v) is 4.61. The molecule has 0 aliphatic carbocycles. The molecule has 0 saturated heterocycles. The minimum atomic E-state index is -0.0196. The molecular weight excluding hydrogens is 184 g/mol. The molecule has 0 atom stereocenters. The Labute approximate surface area is 83.7 Å². The summed E-state index contributed by atoms with van der Waals surface area (Å²) < 4.78 is 0. The van der Waals surface area contributed by atoms with E-state index in [0.29, 0.717) is 6.42 Å². The van der Waals surface area contributed by atoms with Crippen molar-refractivity contribution in [3.63, 3.8) is 0 Å². The Morgan fingerprint density at radius 2 is 2.00 bits per heavy atom. The van der Waals surface area contributed by atoms with Gasteiger partial charge in [-0.1, -0.05) is 30.3 Å². The highest BCUT2D eigenvalue weighted by molar-refractivity contribution is 6.34. The summed E-state index contributed by atoms with van der Waals surface area (Å²) in [7, 11) is 0. The third kappa shape index (κ3) is 4.09. The summed E-state index contributed by atoms with van der Waals surface area (Å²) in [6, 6.07) is 9.93. The summed E-state index contributed by atoms with van der Waals surface area (Å²) in [6.45, 7) is 0. The topological polar surface area (TPSA) is 17.1 Å². The molecule has 0 spiro atoms. The fraction of sp³-hybridized carbons (Fsp3) is 0.182. The summed E-state index contributed by atoms with van der Waals surface area (Å²) in [6.07, 6.45) is 3.25. The van der Waals surface area contributed by atoms with Gasteiger partial charge in [-0.05, 0) is 18.4 Å². The number of hydrogen-bond donors (Lipinski definition) is 0. The Hall–Kier alpha value is -0.820. The van der Waals surface area contributed by atoms with Crippen molar-refractivity contribution < 1.29 is 4.79 Å². The van der Waals surface area contributed by atoms with Gasteiger partial charge < -0.3 is 0 Å². The molecule has 2 radical (unpaired) electrons.